The summed E-state index contributed by atoms with van der Waals surface area (Å²) in [6.45, 7) is 1.98. The molecule has 2 rings (SSSR count). The maximum Gasteiger partial charge on any atom is 0.228 e. The summed E-state index contributed by atoms with van der Waals surface area (Å²) in [5.41, 5.74) is 2.07. The first kappa shape index (κ1) is 12.1. The van der Waals surface area contributed by atoms with Crippen LogP contribution in [0.2, 0.25) is 0 Å². The quantitative estimate of drug-likeness (QED) is 0.822. The van der Waals surface area contributed by atoms with Gasteiger partial charge >= 0.3 is 0 Å². The Kier molecular flexibility index (Phi) is 3.45. The number of amides is 1. The summed E-state index contributed by atoms with van der Waals surface area (Å²) in [7, 11) is 1.80. The number of carbonyl (C=O) groups excluding carboxylic acids is 1. The number of carbonyl (C=O) groups is 1. The summed E-state index contributed by atoms with van der Waals surface area (Å²) >= 11 is 0. The lowest BCUT2D eigenvalue weighted by atomic mass is 9.95. The van der Waals surface area contributed by atoms with Gasteiger partial charge in [-0.15, -0.1) is 0 Å². The molecular formula is C13H18N2O2. The molecule has 1 amide bonds. The Morgan fingerprint density at radius 1 is 1.53 bits per heavy atom. The second-order valence-corrected chi connectivity index (χ2v) is 4.52. The predicted octanol–water partition coefficient (Wildman–Crippen LogP) is 1.06. The van der Waals surface area contributed by atoms with Crippen LogP contribution in [0.4, 0.5) is 5.69 Å². The highest BCUT2D eigenvalue weighted by atomic mass is 16.3. The fourth-order valence-corrected chi connectivity index (χ4v) is 2.19. The molecule has 2 atom stereocenters. The van der Waals surface area contributed by atoms with Crippen molar-refractivity contribution in [1.29, 1.82) is 0 Å². The predicted molar refractivity (Wildman–Crippen MR) is 66.9 cm³/mol. The zero-order valence-corrected chi connectivity index (χ0v) is 10.2. The van der Waals surface area contributed by atoms with Crippen molar-refractivity contribution in [3.8, 4) is 0 Å². The normalized spacial score (nSPS) is 21.2. The molecule has 2 unspecified atom stereocenters. The monoisotopic (exact) mass is 234 g/mol. The van der Waals surface area contributed by atoms with E-state index >= 15 is 0 Å². The van der Waals surface area contributed by atoms with E-state index in [1.807, 2.05) is 31.2 Å². The number of anilines is 1. The number of fused-ring (bicyclic) bond motifs is 1. The number of aliphatic hydroxyl groups excluding tert-OH is 1. The molecule has 1 aliphatic heterocycles. The van der Waals surface area contributed by atoms with Crippen LogP contribution in [-0.2, 0) is 4.79 Å². The highest BCUT2D eigenvalue weighted by molar-refractivity contribution is 5.96. The summed E-state index contributed by atoms with van der Waals surface area (Å²) in [4.78, 5) is 13.6. The van der Waals surface area contributed by atoms with E-state index in [4.69, 9.17) is 5.11 Å². The van der Waals surface area contributed by atoms with Crippen LogP contribution in [-0.4, -0.2) is 30.7 Å². The lowest BCUT2D eigenvalue weighted by Gasteiger charge is -2.33. The third kappa shape index (κ3) is 2.33. The van der Waals surface area contributed by atoms with Gasteiger partial charge < -0.3 is 15.3 Å². The van der Waals surface area contributed by atoms with Crippen molar-refractivity contribution < 1.29 is 9.90 Å². The number of aliphatic hydroxyl groups is 1. The minimum atomic E-state index is -0.00994. The molecule has 0 bridgehead atoms. The standard InChI is InChI=1S/C13H18N2O2/c1-9(8-16)14-11-7-13(17)15(2)12-6-4-3-5-10(11)12/h3-6,9,11,14,16H,7-8H2,1-2H3. The molecule has 0 fully saturated rings. The van der Waals surface area contributed by atoms with Crippen molar-refractivity contribution in [2.45, 2.75) is 25.4 Å². The first-order valence-electron chi connectivity index (χ1n) is 5.86. The Morgan fingerprint density at radius 3 is 2.94 bits per heavy atom. The molecule has 0 radical (unpaired) electrons. The van der Waals surface area contributed by atoms with Gasteiger partial charge in [-0.25, -0.2) is 0 Å². The van der Waals surface area contributed by atoms with Gasteiger partial charge in [0, 0.05) is 31.2 Å². The Balaban J connectivity index is 2.30. The molecule has 0 aliphatic carbocycles. The molecule has 1 aromatic rings. The van der Waals surface area contributed by atoms with Gasteiger partial charge in [0.2, 0.25) is 5.91 Å². The molecule has 2 N–H and O–H groups in total. The molecule has 1 aliphatic rings. The Hall–Kier alpha value is -1.39. The highest BCUT2D eigenvalue weighted by Crippen LogP contribution is 2.33. The lowest BCUT2D eigenvalue weighted by Crippen LogP contribution is -2.41. The van der Waals surface area contributed by atoms with Crippen LogP contribution in [0.1, 0.15) is 24.9 Å². The summed E-state index contributed by atoms with van der Waals surface area (Å²) in [5, 5.41) is 12.4. The second-order valence-electron chi connectivity index (χ2n) is 4.52. The van der Waals surface area contributed by atoms with E-state index in [1.165, 1.54) is 0 Å². The van der Waals surface area contributed by atoms with Gasteiger partial charge in [-0.05, 0) is 18.6 Å². The smallest absolute Gasteiger partial charge is 0.228 e. The SMILES string of the molecule is CC(CO)NC1CC(=O)N(C)c2ccccc21. The number of benzene rings is 1. The van der Waals surface area contributed by atoms with Crippen molar-refractivity contribution in [1.82, 2.24) is 5.32 Å². The molecule has 0 spiro atoms. The van der Waals surface area contributed by atoms with Gasteiger partial charge in [0.25, 0.3) is 0 Å². The Labute approximate surface area is 101 Å². The minimum absolute atomic E-state index is 0.00273. The van der Waals surface area contributed by atoms with Crippen LogP contribution in [0.3, 0.4) is 0 Å². The van der Waals surface area contributed by atoms with Crippen molar-refractivity contribution in [2.24, 2.45) is 0 Å². The Bertz CT molecular complexity index is 420. The van der Waals surface area contributed by atoms with Crippen LogP contribution < -0.4 is 10.2 Å². The molecule has 17 heavy (non-hydrogen) atoms. The van der Waals surface area contributed by atoms with E-state index in [2.05, 4.69) is 5.32 Å². The van der Waals surface area contributed by atoms with Gasteiger partial charge in [0.05, 0.1) is 6.61 Å². The summed E-state index contributed by atoms with van der Waals surface area (Å²) in [6, 6.07) is 7.87. The van der Waals surface area contributed by atoms with Crippen molar-refractivity contribution in [2.75, 3.05) is 18.6 Å². The molecule has 1 heterocycles. The van der Waals surface area contributed by atoms with Crippen LogP contribution in [0, 0.1) is 0 Å². The zero-order chi connectivity index (χ0) is 12.4. The number of nitrogens with zero attached hydrogens (tertiary/aromatic N) is 1. The Morgan fingerprint density at radius 2 is 2.24 bits per heavy atom. The average Bonchev–Trinajstić information content (AvgIpc) is 2.35. The third-order valence-electron chi connectivity index (χ3n) is 3.19. The molecular weight excluding hydrogens is 216 g/mol. The van der Waals surface area contributed by atoms with Crippen LogP contribution in [0.25, 0.3) is 0 Å². The summed E-state index contributed by atoms with van der Waals surface area (Å²) in [5.74, 6) is 0.103. The van der Waals surface area contributed by atoms with Crippen LogP contribution >= 0.6 is 0 Å². The minimum Gasteiger partial charge on any atom is -0.395 e. The topological polar surface area (TPSA) is 52.6 Å². The molecule has 92 valence electrons. The fourth-order valence-electron chi connectivity index (χ4n) is 2.19. The number of rotatable bonds is 3. The van der Waals surface area contributed by atoms with Crippen LogP contribution in [0.15, 0.2) is 24.3 Å². The van der Waals surface area contributed by atoms with E-state index in [0.29, 0.717) is 6.42 Å². The first-order chi connectivity index (χ1) is 8.13. The van der Waals surface area contributed by atoms with Crippen molar-refractivity contribution >= 4 is 11.6 Å². The summed E-state index contributed by atoms with van der Waals surface area (Å²) < 4.78 is 0. The molecule has 4 nitrogen and oxygen atoms in total. The molecule has 4 heteroatoms. The van der Waals surface area contributed by atoms with E-state index in [-0.39, 0.29) is 24.6 Å². The number of para-hydroxylation sites is 1. The van der Waals surface area contributed by atoms with Crippen molar-refractivity contribution in [3.63, 3.8) is 0 Å². The number of hydrogen-bond donors (Lipinski definition) is 2. The molecule has 0 saturated heterocycles. The number of hydrogen-bond acceptors (Lipinski definition) is 3. The lowest BCUT2D eigenvalue weighted by molar-refractivity contribution is -0.119. The van der Waals surface area contributed by atoms with Crippen molar-refractivity contribution in [3.05, 3.63) is 29.8 Å². The average molecular weight is 234 g/mol. The molecule has 1 aromatic carbocycles. The second kappa shape index (κ2) is 4.85. The maximum atomic E-state index is 11.9. The zero-order valence-electron chi connectivity index (χ0n) is 10.2. The summed E-state index contributed by atoms with van der Waals surface area (Å²) in [6.07, 6.45) is 0.442. The van der Waals surface area contributed by atoms with Gasteiger partial charge in [-0.3, -0.25) is 4.79 Å². The van der Waals surface area contributed by atoms with E-state index < -0.39 is 0 Å². The first-order valence-corrected chi connectivity index (χ1v) is 5.86. The van der Waals surface area contributed by atoms with Gasteiger partial charge in [0.15, 0.2) is 0 Å². The van der Waals surface area contributed by atoms with Gasteiger partial charge in [0.1, 0.15) is 0 Å². The van der Waals surface area contributed by atoms with Crippen LogP contribution in [0.5, 0.6) is 0 Å². The van der Waals surface area contributed by atoms with Gasteiger partial charge in [-0.2, -0.15) is 0 Å². The largest absolute Gasteiger partial charge is 0.395 e. The highest BCUT2D eigenvalue weighted by Gasteiger charge is 2.29. The van der Waals surface area contributed by atoms with E-state index in [1.54, 1.807) is 11.9 Å². The molecule has 0 aromatic heterocycles. The fraction of sp³-hybridized carbons (Fsp3) is 0.462. The van der Waals surface area contributed by atoms with E-state index in [0.717, 1.165) is 11.3 Å². The molecule has 0 saturated carbocycles. The van der Waals surface area contributed by atoms with Gasteiger partial charge in [-0.1, -0.05) is 18.2 Å². The van der Waals surface area contributed by atoms with E-state index in [9.17, 15) is 4.79 Å². The number of nitrogens with one attached hydrogen (secondary N) is 1. The third-order valence-corrected chi connectivity index (χ3v) is 3.19. The maximum absolute atomic E-state index is 11.9.